The highest BCUT2D eigenvalue weighted by molar-refractivity contribution is 7.17. The first-order valence-electron chi connectivity index (χ1n) is 7.94. The van der Waals surface area contributed by atoms with Gasteiger partial charge >= 0.3 is 5.97 Å². The van der Waals surface area contributed by atoms with Crippen LogP contribution in [0.1, 0.15) is 35.6 Å². The highest BCUT2D eigenvalue weighted by atomic mass is 32.1. The van der Waals surface area contributed by atoms with Crippen molar-refractivity contribution in [2.45, 2.75) is 27.2 Å². The monoisotopic (exact) mass is 346 g/mol. The van der Waals surface area contributed by atoms with E-state index in [-0.39, 0.29) is 12.5 Å². The van der Waals surface area contributed by atoms with Crippen molar-refractivity contribution in [2.24, 2.45) is 5.92 Å². The Balaban J connectivity index is 1.91. The Kier molecular flexibility index (Phi) is 6.49. The summed E-state index contributed by atoms with van der Waals surface area (Å²) in [5, 5.41) is 3.50. The van der Waals surface area contributed by atoms with Crippen LogP contribution in [0.5, 0.6) is 0 Å². The van der Waals surface area contributed by atoms with Crippen LogP contribution in [-0.4, -0.2) is 30.0 Å². The number of thiazole rings is 1. The summed E-state index contributed by atoms with van der Waals surface area (Å²) in [4.78, 5) is 28.7. The van der Waals surface area contributed by atoms with E-state index in [1.54, 1.807) is 6.92 Å². The van der Waals surface area contributed by atoms with E-state index in [1.165, 1.54) is 11.3 Å². The van der Waals surface area contributed by atoms with Crippen LogP contribution in [-0.2, 0) is 9.53 Å². The summed E-state index contributed by atoms with van der Waals surface area (Å²) in [7, 11) is 0. The number of aromatic nitrogens is 1. The fraction of sp³-hybridized carbons (Fsp3) is 0.389. The van der Waals surface area contributed by atoms with E-state index in [0.717, 1.165) is 17.0 Å². The molecule has 0 aliphatic carbocycles. The van der Waals surface area contributed by atoms with Gasteiger partial charge in [0.2, 0.25) is 0 Å². The average molecular weight is 346 g/mol. The Hall–Kier alpha value is -2.21. The zero-order valence-corrected chi connectivity index (χ0v) is 15.0. The van der Waals surface area contributed by atoms with E-state index in [9.17, 15) is 9.59 Å². The van der Waals surface area contributed by atoms with Gasteiger partial charge in [0, 0.05) is 12.1 Å². The molecular formula is C18H22N2O3S. The second kappa shape index (κ2) is 8.59. The first-order valence-corrected chi connectivity index (χ1v) is 8.75. The molecule has 128 valence electrons. The van der Waals surface area contributed by atoms with Crippen molar-refractivity contribution >= 4 is 23.2 Å². The SMILES string of the molecule is Cc1nc(-c2ccccc2)sc1C(=O)OCC(=O)NCCC(C)C. The fourth-order valence-electron chi connectivity index (χ4n) is 2.04. The van der Waals surface area contributed by atoms with Crippen molar-refractivity contribution < 1.29 is 14.3 Å². The molecule has 6 heteroatoms. The molecule has 1 amide bonds. The van der Waals surface area contributed by atoms with Crippen LogP contribution in [0.25, 0.3) is 10.6 Å². The minimum atomic E-state index is -0.508. The average Bonchev–Trinajstić information content (AvgIpc) is 2.95. The maximum absolute atomic E-state index is 12.2. The van der Waals surface area contributed by atoms with Crippen LogP contribution in [0.15, 0.2) is 30.3 Å². The molecule has 24 heavy (non-hydrogen) atoms. The van der Waals surface area contributed by atoms with Crippen molar-refractivity contribution in [2.75, 3.05) is 13.2 Å². The molecule has 0 spiro atoms. The molecule has 0 fully saturated rings. The van der Waals surface area contributed by atoms with Gasteiger partial charge in [-0.25, -0.2) is 9.78 Å². The summed E-state index contributed by atoms with van der Waals surface area (Å²) < 4.78 is 5.10. The van der Waals surface area contributed by atoms with Crippen molar-refractivity contribution in [3.05, 3.63) is 40.9 Å². The molecule has 1 N–H and O–H groups in total. The van der Waals surface area contributed by atoms with E-state index in [4.69, 9.17) is 4.74 Å². The number of nitrogens with zero attached hydrogens (tertiary/aromatic N) is 1. The zero-order valence-electron chi connectivity index (χ0n) is 14.2. The summed E-state index contributed by atoms with van der Waals surface area (Å²) >= 11 is 1.28. The first-order chi connectivity index (χ1) is 11.5. The number of esters is 1. The largest absolute Gasteiger partial charge is 0.451 e. The molecule has 0 aliphatic rings. The second-order valence-corrected chi connectivity index (χ2v) is 6.91. The third kappa shape index (κ3) is 5.16. The zero-order chi connectivity index (χ0) is 17.5. The van der Waals surface area contributed by atoms with Crippen molar-refractivity contribution in [3.8, 4) is 10.6 Å². The Bertz CT molecular complexity index is 696. The molecule has 0 radical (unpaired) electrons. The van der Waals surface area contributed by atoms with Crippen LogP contribution >= 0.6 is 11.3 Å². The van der Waals surface area contributed by atoms with Crippen LogP contribution in [0.3, 0.4) is 0 Å². The normalized spacial score (nSPS) is 10.7. The smallest absolute Gasteiger partial charge is 0.350 e. The molecule has 0 unspecified atom stereocenters. The topological polar surface area (TPSA) is 68.3 Å². The molecule has 0 saturated heterocycles. The molecule has 2 rings (SSSR count). The lowest BCUT2D eigenvalue weighted by atomic mass is 10.1. The van der Waals surface area contributed by atoms with Crippen molar-refractivity contribution in [1.29, 1.82) is 0 Å². The maximum atomic E-state index is 12.2. The third-order valence-electron chi connectivity index (χ3n) is 3.38. The Labute approximate surface area is 146 Å². The van der Waals surface area contributed by atoms with Crippen molar-refractivity contribution in [1.82, 2.24) is 10.3 Å². The molecule has 0 aliphatic heterocycles. The number of rotatable bonds is 7. The van der Waals surface area contributed by atoms with E-state index in [1.807, 2.05) is 30.3 Å². The Morgan fingerprint density at radius 1 is 1.25 bits per heavy atom. The minimum absolute atomic E-state index is 0.269. The highest BCUT2D eigenvalue weighted by Gasteiger charge is 2.18. The van der Waals surface area contributed by atoms with Gasteiger partial charge in [-0.2, -0.15) is 0 Å². The summed E-state index contributed by atoms with van der Waals surface area (Å²) in [5.41, 5.74) is 1.57. The number of amides is 1. The standard InChI is InChI=1S/C18H22N2O3S/c1-12(2)9-10-19-15(21)11-23-18(22)16-13(3)20-17(24-16)14-7-5-4-6-8-14/h4-8,12H,9-11H2,1-3H3,(H,19,21). The Morgan fingerprint density at radius 3 is 2.62 bits per heavy atom. The van der Waals surface area contributed by atoms with Gasteiger partial charge < -0.3 is 10.1 Å². The molecule has 1 aromatic carbocycles. The molecule has 0 bridgehead atoms. The predicted molar refractivity (Wildman–Crippen MR) is 95.0 cm³/mol. The maximum Gasteiger partial charge on any atom is 0.350 e. The number of ether oxygens (including phenoxy) is 1. The van der Waals surface area contributed by atoms with Crippen molar-refractivity contribution in [3.63, 3.8) is 0 Å². The van der Waals surface area contributed by atoms with Gasteiger partial charge in [-0.1, -0.05) is 44.2 Å². The highest BCUT2D eigenvalue weighted by Crippen LogP contribution is 2.28. The number of hydrogen-bond donors (Lipinski definition) is 1. The van der Waals surface area contributed by atoms with Crippen LogP contribution in [0.4, 0.5) is 0 Å². The van der Waals surface area contributed by atoms with E-state index in [0.29, 0.717) is 23.0 Å². The number of aryl methyl sites for hydroxylation is 1. The molecule has 5 nitrogen and oxygen atoms in total. The van der Waals surface area contributed by atoms with Gasteiger partial charge in [-0.05, 0) is 19.3 Å². The van der Waals surface area contributed by atoms with Crippen LogP contribution in [0.2, 0.25) is 0 Å². The Morgan fingerprint density at radius 2 is 1.96 bits per heavy atom. The summed E-state index contributed by atoms with van der Waals surface area (Å²) in [6.45, 7) is 6.26. The number of benzene rings is 1. The third-order valence-corrected chi connectivity index (χ3v) is 4.57. The predicted octanol–water partition coefficient (Wildman–Crippen LogP) is 3.44. The molecule has 1 aromatic heterocycles. The lowest BCUT2D eigenvalue weighted by molar-refractivity contribution is -0.124. The molecule has 1 heterocycles. The van der Waals surface area contributed by atoms with E-state index < -0.39 is 5.97 Å². The van der Waals surface area contributed by atoms with Gasteiger partial charge in [-0.3, -0.25) is 4.79 Å². The fourth-order valence-corrected chi connectivity index (χ4v) is 3.00. The summed E-state index contributed by atoms with van der Waals surface area (Å²) in [5.74, 6) is -0.273. The molecule has 0 saturated carbocycles. The van der Waals surface area contributed by atoms with E-state index >= 15 is 0 Å². The van der Waals surface area contributed by atoms with Gasteiger partial charge in [-0.15, -0.1) is 11.3 Å². The van der Waals surface area contributed by atoms with Gasteiger partial charge in [0.15, 0.2) is 6.61 Å². The van der Waals surface area contributed by atoms with Gasteiger partial charge in [0.1, 0.15) is 9.88 Å². The van der Waals surface area contributed by atoms with Crippen LogP contribution < -0.4 is 5.32 Å². The lowest BCUT2D eigenvalue weighted by Crippen LogP contribution is -2.30. The summed E-state index contributed by atoms with van der Waals surface area (Å²) in [6, 6.07) is 9.65. The van der Waals surface area contributed by atoms with Gasteiger partial charge in [0.05, 0.1) is 5.69 Å². The molecular weight excluding hydrogens is 324 g/mol. The van der Waals surface area contributed by atoms with Crippen LogP contribution in [0, 0.1) is 12.8 Å². The number of nitrogens with one attached hydrogen (secondary N) is 1. The molecule has 0 atom stereocenters. The number of hydrogen-bond acceptors (Lipinski definition) is 5. The van der Waals surface area contributed by atoms with E-state index in [2.05, 4.69) is 24.1 Å². The number of carbonyl (C=O) groups is 2. The molecule has 2 aromatic rings. The van der Waals surface area contributed by atoms with Gasteiger partial charge in [0.25, 0.3) is 5.91 Å². The minimum Gasteiger partial charge on any atom is -0.451 e. The number of carbonyl (C=O) groups excluding carboxylic acids is 2. The summed E-state index contributed by atoms with van der Waals surface area (Å²) in [6.07, 6.45) is 0.897. The second-order valence-electron chi connectivity index (χ2n) is 5.91. The first kappa shape index (κ1) is 18.1. The quantitative estimate of drug-likeness (QED) is 0.780. The lowest BCUT2D eigenvalue weighted by Gasteiger charge is -2.07.